The Morgan fingerprint density at radius 3 is 2.48 bits per heavy atom. The van der Waals surface area contributed by atoms with Crippen LogP contribution in [-0.2, 0) is 36.6 Å². The quantitative estimate of drug-likeness (QED) is 0.211. The zero-order chi connectivity index (χ0) is 23.6. The van der Waals surface area contributed by atoms with Gasteiger partial charge in [-0.05, 0) is 64.9 Å². The fourth-order valence-electron chi connectivity index (χ4n) is 3.96. The van der Waals surface area contributed by atoms with Gasteiger partial charge in [0.2, 0.25) is 0 Å². The lowest BCUT2D eigenvalue weighted by molar-refractivity contribution is -0.140. The first kappa shape index (κ1) is 24.7. The van der Waals surface area contributed by atoms with Gasteiger partial charge in [0, 0.05) is 26.9 Å². The van der Waals surface area contributed by atoms with E-state index in [0.717, 1.165) is 41.3 Å². The maximum atomic E-state index is 12.6. The smallest absolute Gasteiger partial charge is 0.348 e. The van der Waals surface area contributed by atoms with E-state index in [1.807, 2.05) is 20.2 Å². The first-order valence-electron chi connectivity index (χ1n) is 11.2. The minimum absolute atomic E-state index is 0.00353. The second-order valence-corrected chi connectivity index (χ2v) is 8.10. The van der Waals surface area contributed by atoms with E-state index in [1.54, 1.807) is 13.2 Å². The van der Waals surface area contributed by atoms with Crippen LogP contribution in [0.4, 0.5) is 5.69 Å². The van der Waals surface area contributed by atoms with Crippen molar-refractivity contribution in [3.8, 4) is 6.07 Å². The SMILES string of the molecule is COCCOCCOCCOC(=O)/C(C#N)=C/c1c2c(cc3cc(N(C)C)ccc13)CCC2. The second-order valence-electron chi connectivity index (χ2n) is 8.10. The van der Waals surface area contributed by atoms with Gasteiger partial charge in [-0.1, -0.05) is 12.1 Å². The summed E-state index contributed by atoms with van der Waals surface area (Å²) in [5, 5.41) is 11.8. The van der Waals surface area contributed by atoms with Gasteiger partial charge in [0.1, 0.15) is 18.2 Å². The van der Waals surface area contributed by atoms with Crippen molar-refractivity contribution in [1.82, 2.24) is 0 Å². The zero-order valence-corrected chi connectivity index (χ0v) is 19.7. The molecule has 2 aromatic carbocycles. The van der Waals surface area contributed by atoms with Crippen LogP contribution in [0.5, 0.6) is 0 Å². The van der Waals surface area contributed by atoms with E-state index in [0.29, 0.717) is 26.4 Å². The number of anilines is 1. The van der Waals surface area contributed by atoms with E-state index in [2.05, 4.69) is 29.2 Å². The number of benzene rings is 2. The average Bonchev–Trinajstić information content (AvgIpc) is 3.28. The number of esters is 1. The van der Waals surface area contributed by atoms with Gasteiger partial charge >= 0.3 is 5.97 Å². The van der Waals surface area contributed by atoms with Crippen LogP contribution >= 0.6 is 0 Å². The Hall–Kier alpha value is -2.92. The number of ether oxygens (including phenoxy) is 4. The molecule has 176 valence electrons. The van der Waals surface area contributed by atoms with Crippen LogP contribution in [-0.4, -0.2) is 66.8 Å². The average molecular weight is 453 g/mol. The van der Waals surface area contributed by atoms with Gasteiger partial charge in [-0.3, -0.25) is 0 Å². The lowest BCUT2D eigenvalue weighted by Gasteiger charge is -2.16. The van der Waals surface area contributed by atoms with Crippen LogP contribution in [0.25, 0.3) is 16.8 Å². The van der Waals surface area contributed by atoms with Gasteiger partial charge < -0.3 is 23.8 Å². The van der Waals surface area contributed by atoms with Crippen LogP contribution in [0.1, 0.15) is 23.1 Å². The largest absolute Gasteiger partial charge is 0.459 e. The molecule has 0 radical (unpaired) electrons. The fraction of sp³-hybridized carbons (Fsp3) is 0.462. The molecule has 0 heterocycles. The maximum absolute atomic E-state index is 12.6. The van der Waals surface area contributed by atoms with Crippen LogP contribution in [0.2, 0.25) is 0 Å². The number of fused-ring (bicyclic) bond motifs is 2. The highest BCUT2D eigenvalue weighted by Crippen LogP contribution is 2.35. The Labute approximate surface area is 195 Å². The summed E-state index contributed by atoms with van der Waals surface area (Å²) in [6.07, 6.45) is 4.72. The molecule has 0 bridgehead atoms. The molecule has 0 unspecified atom stereocenters. The third-order valence-electron chi connectivity index (χ3n) is 5.65. The lowest BCUT2D eigenvalue weighted by Crippen LogP contribution is -2.14. The molecule has 0 saturated heterocycles. The zero-order valence-electron chi connectivity index (χ0n) is 19.7. The molecule has 7 nitrogen and oxygen atoms in total. The maximum Gasteiger partial charge on any atom is 0.348 e. The summed E-state index contributed by atoms with van der Waals surface area (Å²) in [5.41, 5.74) is 4.56. The number of carbonyl (C=O) groups excluding carboxylic acids is 1. The van der Waals surface area contributed by atoms with Crippen LogP contribution < -0.4 is 4.90 Å². The first-order valence-corrected chi connectivity index (χ1v) is 11.2. The Bertz CT molecular complexity index is 1040. The van der Waals surface area contributed by atoms with E-state index in [1.165, 1.54) is 11.1 Å². The van der Waals surface area contributed by atoms with Gasteiger partial charge in [-0.2, -0.15) is 5.26 Å². The van der Waals surface area contributed by atoms with Crippen molar-refractivity contribution in [2.24, 2.45) is 0 Å². The monoisotopic (exact) mass is 452 g/mol. The third kappa shape index (κ3) is 6.55. The molecule has 0 aliphatic heterocycles. The Morgan fingerprint density at radius 1 is 1.06 bits per heavy atom. The van der Waals surface area contributed by atoms with Gasteiger partial charge in [0.05, 0.1) is 33.0 Å². The fourth-order valence-corrected chi connectivity index (χ4v) is 3.96. The number of hydrogen-bond donors (Lipinski definition) is 0. The van der Waals surface area contributed by atoms with Crippen molar-refractivity contribution >= 4 is 28.5 Å². The van der Waals surface area contributed by atoms with Gasteiger partial charge in [-0.15, -0.1) is 0 Å². The lowest BCUT2D eigenvalue weighted by atomic mass is 9.93. The number of methoxy groups -OCH3 is 1. The summed E-state index contributed by atoms with van der Waals surface area (Å²) in [5.74, 6) is -0.633. The standard InChI is InChI=1S/C26H32N2O5/c1-28(2)22-7-8-24-20(16-22)15-19-5-4-6-23(19)25(24)17-21(18-27)26(29)33-14-13-32-12-11-31-10-9-30-3/h7-8,15-17H,4-6,9-14H2,1-3H3/b21-17+. The molecule has 2 aromatic rings. The van der Waals surface area contributed by atoms with Crippen LogP contribution in [0.3, 0.4) is 0 Å². The Balaban J connectivity index is 1.68. The first-order chi connectivity index (χ1) is 16.0. The van der Waals surface area contributed by atoms with Crippen molar-refractivity contribution in [3.63, 3.8) is 0 Å². The minimum atomic E-state index is -0.633. The topological polar surface area (TPSA) is 81.0 Å². The van der Waals surface area contributed by atoms with Crippen molar-refractivity contribution in [2.45, 2.75) is 19.3 Å². The molecule has 1 aliphatic carbocycles. The number of aryl methyl sites for hydroxylation is 1. The van der Waals surface area contributed by atoms with Crippen molar-refractivity contribution in [2.75, 3.05) is 65.7 Å². The molecule has 1 aliphatic rings. The van der Waals surface area contributed by atoms with E-state index >= 15 is 0 Å². The highest BCUT2D eigenvalue weighted by molar-refractivity contribution is 6.03. The second kappa shape index (κ2) is 12.4. The molecule has 0 amide bonds. The van der Waals surface area contributed by atoms with Gasteiger partial charge in [-0.25, -0.2) is 4.79 Å². The van der Waals surface area contributed by atoms with E-state index < -0.39 is 5.97 Å². The molecule has 7 heteroatoms. The van der Waals surface area contributed by atoms with Crippen LogP contribution in [0, 0.1) is 11.3 Å². The minimum Gasteiger partial charge on any atom is -0.459 e. The molecular formula is C26H32N2O5. The summed E-state index contributed by atoms with van der Waals surface area (Å²) in [6.45, 7) is 2.23. The number of hydrogen-bond acceptors (Lipinski definition) is 7. The summed E-state index contributed by atoms with van der Waals surface area (Å²) < 4.78 is 20.9. The molecule has 0 saturated carbocycles. The van der Waals surface area contributed by atoms with E-state index in [4.69, 9.17) is 18.9 Å². The normalized spacial score (nSPS) is 13.1. The Kier molecular flexibility index (Phi) is 9.25. The molecular weight excluding hydrogens is 420 g/mol. The Morgan fingerprint density at radius 2 is 1.79 bits per heavy atom. The summed E-state index contributed by atoms with van der Waals surface area (Å²) in [6, 6.07) is 10.5. The highest BCUT2D eigenvalue weighted by Gasteiger charge is 2.20. The van der Waals surface area contributed by atoms with Crippen molar-refractivity contribution in [1.29, 1.82) is 5.26 Å². The number of nitrogens with zero attached hydrogens (tertiary/aromatic N) is 2. The third-order valence-corrected chi connectivity index (χ3v) is 5.65. The molecule has 33 heavy (non-hydrogen) atoms. The van der Waals surface area contributed by atoms with Crippen molar-refractivity contribution < 1.29 is 23.7 Å². The number of nitriles is 1. The summed E-state index contributed by atoms with van der Waals surface area (Å²) >= 11 is 0. The van der Waals surface area contributed by atoms with Crippen LogP contribution in [0.15, 0.2) is 29.8 Å². The van der Waals surface area contributed by atoms with E-state index in [-0.39, 0.29) is 18.8 Å². The van der Waals surface area contributed by atoms with Gasteiger partial charge in [0.25, 0.3) is 0 Å². The predicted molar refractivity (Wildman–Crippen MR) is 128 cm³/mol. The van der Waals surface area contributed by atoms with Crippen molar-refractivity contribution in [3.05, 3.63) is 46.5 Å². The number of carbonyl (C=O) groups is 1. The molecule has 0 fully saturated rings. The molecule has 0 atom stereocenters. The predicted octanol–water partition coefficient (Wildman–Crippen LogP) is 3.52. The number of rotatable bonds is 12. The molecule has 3 rings (SSSR count). The molecule has 0 N–H and O–H groups in total. The van der Waals surface area contributed by atoms with E-state index in [9.17, 15) is 10.1 Å². The molecule has 0 aromatic heterocycles. The molecule has 0 spiro atoms. The van der Waals surface area contributed by atoms with Gasteiger partial charge in [0.15, 0.2) is 0 Å². The highest BCUT2D eigenvalue weighted by atomic mass is 16.6. The summed E-state index contributed by atoms with van der Waals surface area (Å²) in [4.78, 5) is 14.6. The summed E-state index contributed by atoms with van der Waals surface area (Å²) in [7, 11) is 5.64.